The third-order valence-electron chi connectivity index (χ3n) is 4.66. The lowest BCUT2D eigenvalue weighted by Gasteiger charge is -2.34. The van der Waals surface area contributed by atoms with Gasteiger partial charge in [-0.1, -0.05) is 12.1 Å². The number of urea groups is 1. The maximum Gasteiger partial charge on any atom is 0.321 e. The number of ether oxygens (including phenoxy) is 1. The second-order valence-electron chi connectivity index (χ2n) is 7.27. The van der Waals surface area contributed by atoms with Crippen molar-refractivity contribution in [1.29, 1.82) is 0 Å². The summed E-state index contributed by atoms with van der Waals surface area (Å²) in [4.78, 5) is 28.0. The molecule has 3 amide bonds. The molecule has 1 aromatic rings. The molecule has 0 unspecified atom stereocenters. The summed E-state index contributed by atoms with van der Waals surface area (Å²) in [6.45, 7) is 9.17. The van der Waals surface area contributed by atoms with Crippen LogP contribution in [0.15, 0.2) is 18.2 Å². The van der Waals surface area contributed by atoms with Gasteiger partial charge in [0.15, 0.2) is 0 Å². The van der Waals surface area contributed by atoms with Crippen LogP contribution in [0.2, 0.25) is 0 Å². The van der Waals surface area contributed by atoms with Crippen LogP contribution in [-0.2, 0) is 17.8 Å². The number of imide groups is 1. The number of amides is 3. The fourth-order valence-corrected chi connectivity index (χ4v) is 3.37. The van der Waals surface area contributed by atoms with Crippen LogP contribution in [0.3, 0.4) is 0 Å². The summed E-state index contributed by atoms with van der Waals surface area (Å²) < 4.78 is 5.56. The zero-order valence-corrected chi connectivity index (χ0v) is 15.6. The van der Waals surface area contributed by atoms with E-state index in [0.717, 1.165) is 51.5 Å². The highest BCUT2D eigenvalue weighted by molar-refractivity contribution is 5.95. The number of piperazine rings is 1. The van der Waals surface area contributed by atoms with Crippen molar-refractivity contribution in [1.82, 2.24) is 20.4 Å². The van der Waals surface area contributed by atoms with Crippen molar-refractivity contribution in [2.24, 2.45) is 0 Å². The molecule has 0 aliphatic carbocycles. The molecule has 0 atom stereocenters. The Labute approximate surface area is 154 Å². The topological polar surface area (TPSA) is 73.9 Å². The van der Waals surface area contributed by atoms with Crippen molar-refractivity contribution in [3.63, 3.8) is 0 Å². The molecule has 7 nitrogen and oxygen atoms in total. The van der Waals surface area contributed by atoms with Crippen LogP contribution >= 0.6 is 0 Å². The van der Waals surface area contributed by atoms with Crippen LogP contribution in [0, 0.1) is 0 Å². The number of fused-ring (bicyclic) bond motifs is 1. The van der Waals surface area contributed by atoms with Gasteiger partial charge >= 0.3 is 6.03 Å². The first-order valence-electron chi connectivity index (χ1n) is 9.29. The molecule has 2 heterocycles. The zero-order valence-electron chi connectivity index (χ0n) is 15.6. The Hall–Kier alpha value is -2.12. The summed E-state index contributed by atoms with van der Waals surface area (Å²) in [5.74, 6) is 0.765. The van der Waals surface area contributed by atoms with Crippen molar-refractivity contribution in [2.75, 3.05) is 39.3 Å². The first-order chi connectivity index (χ1) is 12.5. The van der Waals surface area contributed by atoms with Gasteiger partial charge in [-0.25, -0.2) is 4.79 Å². The molecule has 1 fully saturated rings. The molecule has 0 radical (unpaired) electrons. The maximum atomic E-state index is 11.9. The van der Waals surface area contributed by atoms with Crippen LogP contribution in [-0.4, -0.2) is 67.1 Å². The Morgan fingerprint density at radius 3 is 2.62 bits per heavy atom. The highest BCUT2D eigenvalue weighted by atomic mass is 16.5. The molecule has 0 aromatic heterocycles. The predicted octanol–water partition coefficient (Wildman–Crippen LogP) is 0.973. The van der Waals surface area contributed by atoms with Gasteiger partial charge in [0.25, 0.3) is 0 Å². The normalized spacial score (nSPS) is 17.7. The minimum Gasteiger partial charge on any atom is -0.493 e. The van der Waals surface area contributed by atoms with E-state index in [4.69, 9.17) is 4.74 Å². The summed E-state index contributed by atoms with van der Waals surface area (Å²) >= 11 is 0. The van der Waals surface area contributed by atoms with Gasteiger partial charge in [-0.15, -0.1) is 0 Å². The smallest absolute Gasteiger partial charge is 0.321 e. The molecule has 2 aliphatic rings. The Balaban J connectivity index is 1.40. The first kappa shape index (κ1) is 18.7. The Morgan fingerprint density at radius 2 is 1.88 bits per heavy atom. The second-order valence-corrected chi connectivity index (χ2v) is 7.27. The lowest BCUT2D eigenvalue weighted by Crippen LogP contribution is -2.51. The van der Waals surface area contributed by atoms with E-state index in [9.17, 15) is 9.59 Å². The summed E-state index contributed by atoms with van der Waals surface area (Å²) in [6, 6.07) is 6.04. The lowest BCUT2D eigenvalue weighted by atomic mass is 10.1. The van der Waals surface area contributed by atoms with Gasteiger partial charge in [0, 0.05) is 45.2 Å². The molecule has 0 spiro atoms. The van der Waals surface area contributed by atoms with Gasteiger partial charge in [-0.05, 0) is 31.0 Å². The minimum absolute atomic E-state index is 0.0112. The van der Waals surface area contributed by atoms with E-state index in [1.165, 1.54) is 11.1 Å². The van der Waals surface area contributed by atoms with Crippen molar-refractivity contribution in [3.05, 3.63) is 29.3 Å². The summed E-state index contributed by atoms with van der Waals surface area (Å²) in [5.41, 5.74) is 2.61. The van der Waals surface area contributed by atoms with Crippen molar-refractivity contribution >= 4 is 11.9 Å². The number of rotatable bonds is 5. The van der Waals surface area contributed by atoms with Gasteiger partial charge in [0.05, 0.1) is 13.2 Å². The summed E-state index contributed by atoms with van der Waals surface area (Å²) in [7, 11) is 0. The van der Waals surface area contributed by atoms with E-state index in [1.54, 1.807) is 0 Å². The SMILES string of the molecule is CC(C)NC(=O)NC(=O)CN1CCN(Cc2ccc3c(c2)CCO3)CC1. The fraction of sp³-hybridized carbons (Fsp3) is 0.579. The third kappa shape index (κ3) is 5.19. The fourth-order valence-electron chi connectivity index (χ4n) is 3.37. The maximum absolute atomic E-state index is 11.9. The first-order valence-corrected chi connectivity index (χ1v) is 9.29. The van der Waals surface area contributed by atoms with Gasteiger partial charge in [0.2, 0.25) is 5.91 Å². The van der Waals surface area contributed by atoms with Crippen LogP contribution in [0.1, 0.15) is 25.0 Å². The van der Waals surface area contributed by atoms with Crippen LogP contribution in [0.5, 0.6) is 5.75 Å². The molecule has 2 N–H and O–H groups in total. The zero-order chi connectivity index (χ0) is 18.5. The van der Waals surface area contributed by atoms with E-state index >= 15 is 0 Å². The number of carbonyl (C=O) groups excluding carboxylic acids is 2. The van der Waals surface area contributed by atoms with E-state index in [0.29, 0.717) is 0 Å². The highest BCUT2D eigenvalue weighted by Crippen LogP contribution is 2.26. The number of nitrogens with one attached hydrogen (secondary N) is 2. The minimum atomic E-state index is -0.427. The number of hydrogen-bond acceptors (Lipinski definition) is 5. The molecular formula is C19H28N4O3. The Kier molecular flexibility index (Phi) is 6.11. The predicted molar refractivity (Wildman–Crippen MR) is 99.2 cm³/mol. The molecule has 2 aliphatic heterocycles. The summed E-state index contributed by atoms with van der Waals surface area (Å²) in [6.07, 6.45) is 0.996. The van der Waals surface area contributed by atoms with E-state index in [1.807, 2.05) is 13.8 Å². The average molecular weight is 360 g/mol. The van der Waals surface area contributed by atoms with E-state index < -0.39 is 6.03 Å². The molecule has 7 heteroatoms. The van der Waals surface area contributed by atoms with Crippen LogP contribution in [0.25, 0.3) is 0 Å². The molecule has 0 saturated carbocycles. The average Bonchev–Trinajstić information content (AvgIpc) is 3.03. The highest BCUT2D eigenvalue weighted by Gasteiger charge is 2.20. The summed E-state index contributed by atoms with van der Waals surface area (Å²) in [5, 5.41) is 5.03. The molecule has 26 heavy (non-hydrogen) atoms. The number of nitrogens with zero attached hydrogens (tertiary/aromatic N) is 2. The molecule has 3 rings (SSSR count). The van der Waals surface area contributed by atoms with Crippen molar-refractivity contribution in [2.45, 2.75) is 32.9 Å². The van der Waals surface area contributed by atoms with Crippen molar-refractivity contribution < 1.29 is 14.3 Å². The Bertz CT molecular complexity index is 654. The van der Waals surface area contributed by atoms with Crippen molar-refractivity contribution in [3.8, 4) is 5.75 Å². The van der Waals surface area contributed by atoms with Crippen LogP contribution in [0.4, 0.5) is 4.79 Å². The molecule has 142 valence electrons. The molecule has 1 aromatic carbocycles. The molecule has 1 saturated heterocycles. The monoisotopic (exact) mass is 360 g/mol. The van der Waals surface area contributed by atoms with Crippen LogP contribution < -0.4 is 15.4 Å². The second kappa shape index (κ2) is 8.51. The van der Waals surface area contributed by atoms with Gasteiger partial charge in [-0.2, -0.15) is 0 Å². The number of benzene rings is 1. The number of hydrogen-bond donors (Lipinski definition) is 2. The molecular weight excluding hydrogens is 332 g/mol. The quantitative estimate of drug-likeness (QED) is 0.819. The van der Waals surface area contributed by atoms with E-state index in [2.05, 4.69) is 38.6 Å². The lowest BCUT2D eigenvalue weighted by molar-refractivity contribution is -0.121. The molecule has 0 bridgehead atoms. The van der Waals surface area contributed by atoms with E-state index in [-0.39, 0.29) is 18.5 Å². The third-order valence-corrected chi connectivity index (χ3v) is 4.66. The van der Waals surface area contributed by atoms with Gasteiger partial charge in [0.1, 0.15) is 5.75 Å². The van der Waals surface area contributed by atoms with Gasteiger partial charge < -0.3 is 10.1 Å². The number of carbonyl (C=O) groups is 2. The van der Waals surface area contributed by atoms with Gasteiger partial charge in [-0.3, -0.25) is 19.9 Å². The standard InChI is InChI=1S/C19H28N4O3/c1-14(2)20-19(25)21-18(24)13-23-8-6-22(7-9-23)12-15-3-4-17-16(11-15)5-10-26-17/h3-4,11,14H,5-10,12-13H2,1-2H3,(H2,20,21,24,25). The Morgan fingerprint density at radius 1 is 1.15 bits per heavy atom. The largest absolute Gasteiger partial charge is 0.493 e.